The van der Waals surface area contributed by atoms with Crippen molar-refractivity contribution in [2.75, 3.05) is 10.8 Å². The van der Waals surface area contributed by atoms with Crippen LogP contribution in [0, 0.1) is 19.7 Å². The number of carbonyl (C=O) groups excluding carboxylic acids is 2. The highest BCUT2D eigenvalue weighted by Gasteiger charge is 2.33. The Balaban J connectivity index is 2.02. The van der Waals surface area contributed by atoms with Gasteiger partial charge in [-0.15, -0.1) is 0 Å². The number of halogens is 1. The van der Waals surface area contributed by atoms with E-state index in [1.165, 1.54) is 17.0 Å². The van der Waals surface area contributed by atoms with E-state index >= 15 is 0 Å². The average molecular weight is 554 g/mol. The minimum Gasteiger partial charge on any atom is -0.350 e. The third kappa shape index (κ3) is 7.89. The van der Waals surface area contributed by atoms with Crippen molar-refractivity contribution in [2.24, 2.45) is 0 Å². The molecular formula is C30H36FN3O4S. The van der Waals surface area contributed by atoms with E-state index in [1.54, 1.807) is 31.2 Å². The van der Waals surface area contributed by atoms with Crippen LogP contribution in [0.3, 0.4) is 0 Å². The topological polar surface area (TPSA) is 86.8 Å². The molecule has 3 rings (SSSR count). The predicted octanol–water partition coefficient (Wildman–Crippen LogP) is 4.97. The Morgan fingerprint density at radius 2 is 1.38 bits per heavy atom. The Morgan fingerprint density at radius 3 is 1.90 bits per heavy atom. The van der Waals surface area contributed by atoms with Gasteiger partial charge in [0.05, 0.1) is 10.6 Å². The zero-order valence-electron chi connectivity index (χ0n) is 23.2. The lowest BCUT2D eigenvalue weighted by atomic mass is 10.1. The summed E-state index contributed by atoms with van der Waals surface area (Å²) in [5.74, 6) is -1.49. The molecule has 0 radical (unpaired) electrons. The van der Waals surface area contributed by atoms with Crippen molar-refractivity contribution in [3.8, 4) is 0 Å². The molecule has 0 heterocycles. The first-order valence-corrected chi connectivity index (χ1v) is 14.1. The number of sulfonamides is 1. The summed E-state index contributed by atoms with van der Waals surface area (Å²) in [6.07, 6.45) is 0. The molecule has 0 aromatic heterocycles. The van der Waals surface area contributed by atoms with Gasteiger partial charge in [0.15, 0.2) is 0 Å². The van der Waals surface area contributed by atoms with Gasteiger partial charge >= 0.3 is 0 Å². The van der Waals surface area contributed by atoms with Crippen molar-refractivity contribution in [3.05, 3.63) is 95.3 Å². The van der Waals surface area contributed by atoms with Gasteiger partial charge in [-0.05, 0) is 83.5 Å². The smallest absolute Gasteiger partial charge is 0.264 e. The fourth-order valence-electron chi connectivity index (χ4n) is 3.92. The second-order valence-corrected chi connectivity index (χ2v) is 12.6. The highest BCUT2D eigenvalue weighted by Crippen LogP contribution is 2.25. The standard InChI is InChI=1S/C30H36FN3O4S/c1-21-7-11-24(12-8-21)19-33(23(3)29(36)32-30(4,5)6)28(35)20-34(26-15-9-22(2)10-16-26)39(37,38)27-17-13-25(31)14-18-27/h7-18,23H,19-20H2,1-6H3,(H,32,36). The van der Waals surface area contributed by atoms with E-state index < -0.39 is 39.9 Å². The zero-order chi connectivity index (χ0) is 29.0. The van der Waals surface area contributed by atoms with Crippen LogP contribution in [0.15, 0.2) is 77.7 Å². The molecule has 0 saturated carbocycles. The second kappa shape index (κ2) is 12.0. The molecule has 208 valence electrons. The Hall–Kier alpha value is -3.72. The van der Waals surface area contributed by atoms with Crippen LogP contribution in [0.4, 0.5) is 10.1 Å². The van der Waals surface area contributed by atoms with Crippen molar-refractivity contribution < 1.29 is 22.4 Å². The zero-order valence-corrected chi connectivity index (χ0v) is 24.0. The minimum atomic E-state index is -4.25. The summed E-state index contributed by atoms with van der Waals surface area (Å²) in [6.45, 7) is 10.5. The molecule has 0 saturated heterocycles. The van der Waals surface area contributed by atoms with E-state index in [0.717, 1.165) is 33.1 Å². The van der Waals surface area contributed by atoms with Crippen molar-refractivity contribution in [3.63, 3.8) is 0 Å². The van der Waals surface area contributed by atoms with E-state index in [2.05, 4.69) is 5.32 Å². The van der Waals surface area contributed by atoms with Crippen molar-refractivity contribution >= 4 is 27.5 Å². The molecule has 0 bridgehead atoms. The number of carbonyl (C=O) groups is 2. The second-order valence-electron chi connectivity index (χ2n) is 10.7. The molecule has 1 unspecified atom stereocenters. The fourth-order valence-corrected chi connectivity index (χ4v) is 5.33. The summed E-state index contributed by atoms with van der Waals surface area (Å²) < 4.78 is 42.0. The molecule has 2 amide bonds. The Labute approximate surface area is 230 Å². The molecule has 0 aliphatic heterocycles. The van der Waals surface area contributed by atoms with Crippen LogP contribution in [-0.2, 0) is 26.2 Å². The van der Waals surface area contributed by atoms with Gasteiger partial charge in [0.2, 0.25) is 11.8 Å². The van der Waals surface area contributed by atoms with Gasteiger partial charge in [-0.25, -0.2) is 12.8 Å². The van der Waals surface area contributed by atoms with Crippen LogP contribution in [0.1, 0.15) is 44.4 Å². The van der Waals surface area contributed by atoms with E-state index in [0.29, 0.717) is 0 Å². The lowest BCUT2D eigenvalue weighted by Crippen LogP contribution is -2.54. The van der Waals surface area contributed by atoms with Crippen molar-refractivity contribution in [2.45, 2.75) is 64.6 Å². The van der Waals surface area contributed by atoms with Crippen LogP contribution >= 0.6 is 0 Å². The first kappa shape index (κ1) is 29.8. The van der Waals surface area contributed by atoms with Crippen LogP contribution in [0.5, 0.6) is 0 Å². The number of nitrogens with zero attached hydrogens (tertiary/aromatic N) is 2. The SMILES string of the molecule is Cc1ccc(CN(C(=O)CN(c2ccc(C)cc2)S(=O)(=O)c2ccc(F)cc2)C(C)C(=O)NC(C)(C)C)cc1. The molecule has 0 aliphatic carbocycles. The number of nitrogens with one attached hydrogen (secondary N) is 1. The number of benzene rings is 3. The molecular weight excluding hydrogens is 517 g/mol. The summed E-state index contributed by atoms with van der Waals surface area (Å²) >= 11 is 0. The highest BCUT2D eigenvalue weighted by molar-refractivity contribution is 7.92. The lowest BCUT2D eigenvalue weighted by molar-refractivity contribution is -0.140. The first-order valence-electron chi connectivity index (χ1n) is 12.7. The Kier molecular flexibility index (Phi) is 9.17. The van der Waals surface area contributed by atoms with Gasteiger partial charge in [-0.2, -0.15) is 0 Å². The maximum atomic E-state index is 13.9. The van der Waals surface area contributed by atoms with E-state index in [1.807, 2.05) is 58.9 Å². The average Bonchev–Trinajstić information content (AvgIpc) is 2.86. The number of amides is 2. The minimum absolute atomic E-state index is 0.107. The number of rotatable bonds is 9. The lowest BCUT2D eigenvalue weighted by Gasteiger charge is -2.33. The Morgan fingerprint density at radius 1 is 0.872 bits per heavy atom. The molecule has 3 aromatic rings. The molecule has 39 heavy (non-hydrogen) atoms. The van der Waals surface area contributed by atoms with Gasteiger partial charge in [0, 0.05) is 12.1 Å². The van der Waals surface area contributed by atoms with Crippen LogP contribution in [0.25, 0.3) is 0 Å². The van der Waals surface area contributed by atoms with Gasteiger partial charge in [0.25, 0.3) is 10.0 Å². The van der Waals surface area contributed by atoms with E-state index in [4.69, 9.17) is 0 Å². The molecule has 1 atom stereocenters. The molecule has 9 heteroatoms. The molecule has 1 N–H and O–H groups in total. The van der Waals surface area contributed by atoms with Gasteiger partial charge in [-0.3, -0.25) is 13.9 Å². The molecule has 0 fully saturated rings. The largest absolute Gasteiger partial charge is 0.350 e. The number of hydrogen-bond donors (Lipinski definition) is 1. The predicted molar refractivity (Wildman–Crippen MR) is 151 cm³/mol. The summed E-state index contributed by atoms with van der Waals surface area (Å²) in [5.41, 5.74) is 2.51. The van der Waals surface area contributed by atoms with E-state index in [9.17, 15) is 22.4 Å². The van der Waals surface area contributed by atoms with Crippen LogP contribution < -0.4 is 9.62 Å². The first-order chi connectivity index (χ1) is 18.2. The van der Waals surface area contributed by atoms with Crippen molar-refractivity contribution in [1.29, 1.82) is 0 Å². The number of anilines is 1. The summed E-state index contributed by atoms with van der Waals surface area (Å²) in [5, 5.41) is 2.90. The highest BCUT2D eigenvalue weighted by atomic mass is 32.2. The third-order valence-corrected chi connectivity index (χ3v) is 7.93. The fraction of sp³-hybridized carbons (Fsp3) is 0.333. The molecule has 3 aromatic carbocycles. The van der Waals surface area contributed by atoms with Gasteiger partial charge in [0.1, 0.15) is 18.4 Å². The monoisotopic (exact) mass is 553 g/mol. The quantitative estimate of drug-likeness (QED) is 0.405. The summed E-state index contributed by atoms with van der Waals surface area (Å²) in [4.78, 5) is 28.2. The van der Waals surface area contributed by atoms with E-state index in [-0.39, 0.29) is 23.0 Å². The summed E-state index contributed by atoms with van der Waals surface area (Å²) in [7, 11) is -4.25. The molecule has 0 spiro atoms. The van der Waals surface area contributed by atoms with Crippen LogP contribution in [0.2, 0.25) is 0 Å². The number of hydrogen-bond acceptors (Lipinski definition) is 4. The third-order valence-electron chi connectivity index (χ3n) is 6.14. The maximum absolute atomic E-state index is 13.9. The maximum Gasteiger partial charge on any atom is 0.264 e. The van der Waals surface area contributed by atoms with Crippen molar-refractivity contribution in [1.82, 2.24) is 10.2 Å². The molecule has 0 aliphatic rings. The Bertz CT molecular complexity index is 1400. The normalized spacial score (nSPS) is 12.5. The summed E-state index contributed by atoms with van der Waals surface area (Å²) in [6, 6.07) is 17.9. The van der Waals surface area contributed by atoms with Gasteiger partial charge < -0.3 is 10.2 Å². The number of aryl methyl sites for hydroxylation is 2. The van der Waals surface area contributed by atoms with Crippen LogP contribution in [-0.4, -0.2) is 43.3 Å². The van der Waals surface area contributed by atoms with Gasteiger partial charge in [-0.1, -0.05) is 47.5 Å². The molecule has 7 nitrogen and oxygen atoms in total.